The highest BCUT2D eigenvalue weighted by Crippen LogP contribution is 2.20. The summed E-state index contributed by atoms with van der Waals surface area (Å²) >= 11 is 3.24. The lowest BCUT2D eigenvalue weighted by molar-refractivity contribution is 0.598. The molecule has 0 aliphatic carbocycles. The number of hydrogen-bond acceptors (Lipinski definition) is 4. The molecule has 1 aromatic carbocycles. The number of anilines is 1. The molecule has 8 heteroatoms. The predicted octanol–water partition coefficient (Wildman–Crippen LogP) is 0.864. The van der Waals surface area contributed by atoms with Crippen LogP contribution >= 0.6 is 15.9 Å². The Labute approximate surface area is 106 Å². The number of aromatic nitrogens is 2. The van der Waals surface area contributed by atoms with E-state index in [1.807, 2.05) is 0 Å². The number of nitrogens with two attached hydrogens (primary N) is 2. The molecular formula is C9H9BrN4O2S. The molecule has 0 fully saturated rings. The Morgan fingerprint density at radius 1 is 1.24 bits per heavy atom. The second-order valence-electron chi connectivity index (χ2n) is 3.35. The lowest BCUT2D eigenvalue weighted by Gasteiger charge is -2.02. The van der Waals surface area contributed by atoms with Crippen LogP contribution < -0.4 is 10.9 Å². The van der Waals surface area contributed by atoms with Crippen LogP contribution in [0.15, 0.2) is 39.8 Å². The summed E-state index contributed by atoms with van der Waals surface area (Å²) in [6, 6.07) is 6.02. The van der Waals surface area contributed by atoms with E-state index in [4.69, 9.17) is 10.9 Å². The number of sulfonamides is 1. The van der Waals surface area contributed by atoms with Gasteiger partial charge in [-0.15, -0.1) is 5.10 Å². The molecule has 1 heterocycles. The molecule has 2 aromatic rings. The van der Waals surface area contributed by atoms with E-state index in [1.54, 1.807) is 18.3 Å². The van der Waals surface area contributed by atoms with Gasteiger partial charge in [0.1, 0.15) is 0 Å². The van der Waals surface area contributed by atoms with Crippen LogP contribution in [0.1, 0.15) is 0 Å². The minimum atomic E-state index is -3.67. The summed E-state index contributed by atoms with van der Waals surface area (Å²) in [5.41, 5.74) is 6.27. The van der Waals surface area contributed by atoms with E-state index in [9.17, 15) is 8.42 Å². The van der Waals surface area contributed by atoms with Gasteiger partial charge >= 0.3 is 0 Å². The van der Waals surface area contributed by atoms with Crippen molar-refractivity contribution in [1.29, 1.82) is 0 Å². The molecule has 0 aliphatic rings. The normalized spacial score (nSPS) is 11.6. The summed E-state index contributed by atoms with van der Waals surface area (Å²) in [4.78, 5) is 0.0560. The molecule has 0 bridgehead atoms. The van der Waals surface area contributed by atoms with Gasteiger partial charge in [0.2, 0.25) is 10.0 Å². The Morgan fingerprint density at radius 2 is 1.82 bits per heavy atom. The van der Waals surface area contributed by atoms with Crippen molar-refractivity contribution in [3.05, 3.63) is 34.9 Å². The summed E-state index contributed by atoms with van der Waals surface area (Å²) in [6.07, 6.45) is 1.68. The first-order chi connectivity index (χ1) is 7.88. The summed E-state index contributed by atoms with van der Waals surface area (Å²) in [5.74, 6) is 0.362. The number of nitrogen functional groups attached to an aromatic ring is 1. The van der Waals surface area contributed by atoms with Crippen molar-refractivity contribution >= 4 is 31.8 Å². The van der Waals surface area contributed by atoms with Gasteiger partial charge in [-0.05, 0) is 40.2 Å². The zero-order valence-electron chi connectivity index (χ0n) is 8.54. The lowest BCUT2D eigenvalue weighted by atomic mass is 10.3. The molecule has 0 atom stereocenters. The molecule has 17 heavy (non-hydrogen) atoms. The second-order valence-corrected chi connectivity index (χ2v) is 5.76. The van der Waals surface area contributed by atoms with E-state index in [1.165, 1.54) is 16.8 Å². The number of halogens is 1. The average Bonchev–Trinajstić information content (AvgIpc) is 2.58. The smallest absolute Gasteiger partial charge is 0.238 e. The van der Waals surface area contributed by atoms with E-state index in [2.05, 4.69) is 21.0 Å². The molecule has 1 aromatic heterocycles. The maximum atomic E-state index is 11.1. The number of hydrogen-bond donors (Lipinski definition) is 2. The van der Waals surface area contributed by atoms with Crippen LogP contribution in [-0.2, 0) is 10.0 Å². The molecule has 90 valence electrons. The van der Waals surface area contributed by atoms with Crippen LogP contribution in [-0.4, -0.2) is 18.2 Å². The standard InChI is InChI=1S/C9H9BrN4O2S/c10-8-5-14(13-9(8)11)6-1-3-7(4-2-6)17(12,15)16/h1-5H,(H2,11,13)(H2,12,15,16). The highest BCUT2D eigenvalue weighted by atomic mass is 79.9. The van der Waals surface area contributed by atoms with Crippen LogP contribution in [0.25, 0.3) is 5.69 Å². The largest absolute Gasteiger partial charge is 0.381 e. The predicted molar refractivity (Wildman–Crippen MR) is 67.0 cm³/mol. The van der Waals surface area contributed by atoms with Gasteiger partial charge in [-0.1, -0.05) is 0 Å². The van der Waals surface area contributed by atoms with Gasteiger partial charge < -0.3 is 5.73 Å². The van der Waals surface area contributed by atoms with Crippen LogP contribution in [0.2, 0.25) is 0 Å². The van der Waals surface area contributed by atoms with Gasteiger partial charge in [0.15, 0.2) is 5.82 Å². The topological polar surface area (TPSA) is 104 Å². The van der Waals surface area contributed by atoms with Gasteiger partial charge in [0, 0.05) is 6.20 Å². The monoisotopic (exact) mass is 316 g/mol. The Hall–Kier alpha value is -1.38. The van der Waals surface area contributed by atoms with Crippen molar-refractivity contribution < 1.29 is 8.42 Å². The third kappa shape index (κ3) is 2.48. The summed E-state index contributed by atoms with van der Waals surface area (Å²) in [6.45, 7) is 0. The molecule has 0 amide bonds. The van der Waals surface area contributed by atoms with E-state index in [-0.39, 0.29) is 4.90 Å². The molecule has 0 unspecified atom stereocenters. The van der Waals surface area contributed by atoms with E-state index >= 15 is 0 Å². The fourth-order valence-electron chi connectivity index (χ4n) is 1.29. The number of benzene rings is 1. The highest BCUT2D eigenvalue weighted by molar-refractivity contribution is 9.10. The Balaban J connectivity index is 2.42. The lowest BCUT2D eigenvalue weighted by Crippen LogP contribution is -2.12. The van der Waals surface area contributed by atoms with Crippen LogP contribution in [0, 0.1) is 0 Å². The van der Waals surface area contributed by atoms with Crippen molar-refractivity contribution in [2.24, 2.45) is 5.14 Å². The molecule has 0 saturated heterocycles. The zero-order valence-corrected chi connectivity index (χ0v) is 10.9. The minimum Gasteiger partial charge on any atom is -0.381 e. The van der Waals surface area contributed by atoms with Crippen molar-refractivity contribution in [2.45, 2.75) is 4.90 Å². The Kier molecular flexibility index (Phi) is 2.94. The fourth-order valence-corrected chi connectivity index (χ4v) is 2.08. The number of primary sulfonamides is 1. The van der Waals surface area contributed by atoms with Gasteiger partial charge in [-0.2, -0.15) is 0 Å². The fraction of sp³-hybridized carbons (Fsp3) is 0. The number of rotatable bonds is 2. The van der Waals surface area contributed by atoms with E-state index < -0.39 is 10.0 Å². The Bertz CT molecular complexity index is 629. The summed E-state index contributed by atoms with van der Waals surface area (Å²) in [5, 5.41) is 9.04. The maximum Gasteiger partial charge on any atom is 0.238 e. The maximum absolute atomic E-state index is 11.1. The van der Waals surface area contributed by atoms with Crippen molar-refractivity contribution in [3.8, 4) is 5.69 Å². The third-order valence-electron chi connectivity index (χ3n) is 2.13. The molecule has 2 rings (SSSR count). The Morgan fingerprint density at radius 3 is 2.24 bits per heavy atom. The van der Waals surface area contributed by atoms with E-state index in [0.717, 1.165) is 0 Å². The summed E-state index contributed by atoms with van der Waals surface area (Å²) < 4.78 is 24.3. The molecule has 4 N–H and O–H groups in total. The van der Waals surface area contributed by atoms with Crippen molar-refractivity contribution in [2.75, 3.05) is 5.73 Å². The quantitative estimate of drug-likeness (QED) is 0.857. The SMILES string of the molecule is Nc1nn(-c2ccc(S(N)(=O)=O)cc2)cc1Br. The van der Waals surface area contributed by atoms with Crippen molar-refractivity contribution in [3.63, 3.8) is 0 Å². The highest BCUT2D eigenvalue weighted by Gasteiger charge is 2.08. The first-order valence-electron chi connectivity index (χ1n) is 4.52. The van der Waals surface area contributed by atoms with Gasteiger partial charge in [0.25, 0.3) is 0 Å². The first kappa shape index (κ1) is 12.1. The minimum absolute atomic E-state index is 0.0560. The zero-order chi connectivity index (χ0) is 12.6. The van der Waals surface area contributed by atoms with Crippen LogP contribution in [0.4, 0.5) is 5.82 Å². The second kappa shape index (κ2) is 4.13. The molecule has 0 saturated carbocycles. The molecule has 6 nitrogen and oxygen atoms in total. The van der Waals surface area contributed by atoms with Crippen LogP contribution in [0.3, 0.4) is 0 Å². The van der Waals surface area contributed by atoms with Crippen LogP contribution in [0.5, 0.6) is 0 Å². The molecule has 0 aliphatic heterocycles. The van der Waals surface area contributed by atoms with Gasteiger partial charge in [0.05, 0.1) is 15.1 Å². The van der Waals surface area contributed by atoms with Gasteiger partial charge in [-0.25, -0.2) is 18.2 Å². The average molecular weight is 317 g/mol. The molecule has 0 radical (unpaired) electrons. The first-order valence-corrected chi connectivity index (χ1v) is 6.86. The molecule has 0 spiro atoms. The van der Waals surface area contributed by atoms with Crippen molar-refractivity contribution in [1.82, 2.24) is 9.78 Å². The number of nitrogens with zero attached hydrogens (tertiary/aromatic N) is 2. The summed E-state index contributed by atoms with van der Waals surface area (Å²) in [7, 11) is -3.67. The van der Waals surface area contributed by atoms with Gasteiger partial charge in [-0.3, -0.25) is 0 Å². The molecular weight excluding hydrogens is 308 g/mol. The third-order valence-corrected chi connectivity index (χ3v) is 3.67. The van der Waals surface area contributed by atoms with E-state index in [0.29, 0.717) is 16.0 Å².